The van der Waals surface area contributed by atoms with Crippen LogP contribution in [0.4, 0.5) is 0 Å². The first kappa shape index (κ1) is 19.3. The number of aromatic nitrogens is 3. The lowest BCUT2D eigenvalue weighted by atomic mass is 10.2. The lowest BCUT2D eigenvalue weighted by molar-refractivity contribution is -0.118. The van der Waals surface area contributed by atoms with Crippen molar-refractivity contribution in [3.63, 3.8) is 0 Å². The molecule has 0 unspecified atom stereocenters. The van der Waals surface area contributed by atoms with Crippen LogP contribution in [0, 0.1) is 0 Å². The summed E-state index contributed by atoms with van der Waals surface area (Å²) in [5.41, 5.74) is 1.06. The van der Waals surface area contributed by atoms with Crippen LogP contribution in [0.5, 0.6) is 5.75 Å². The molecule has 0 saturated heterocycles. The van der Waals surface area contributed by atoms with E-state index in [-0.39, 0.29) is 18.3 Å². The van der Waals surface area contributed by atoms with E-state index in [1.54, 1.807) is 12.1 Å². The van der Waals surface area contributed by atoms with Gasteiger partial charge in [-0.1, -0.05) is 65.8 Å². The Morgan fingerprint density at radius 1 is 1.15 bits per heavy atom. The zero-order valence-electron chi connectivity index (χ0n) is 14.8. The topological polar surface area (TPSA) is 69.0 Å². The summed E-state index contributed by atoms with van der Waals surface area (Å²) in [5.74, 6) is 1.46. The van der Waals surface area contributed by atoms with Gasteiger partial charge in [-0.2, -0.15) is 0 Å². The average molecular weight is 403 g/mol. The van der Waals surface area contributed by atoms with Crippen molar-refractivity contribution < 1.29 is 9.53 Å². The van der Waals surface area contributed by atoms with Gasteiger partial charge in [0.25, 0.3) is 0 Å². The highest BCUT2D eigenvalue weighted by molar-refractivity contribution is 7.99. The van der Waals surface area contributed by atoms with Crippen molar-refractivity contribution in [3.8, 4) is 5.75 Å². The number of hydrogen-bond acceptors (Lipinski definition) is 5. The van der Waals surface area contributed by atoms with Gasteiger partial charge in [-0.05, 0) is 17.7 Å². The van der Waals surface area contributed by atoms with Gasteiger partial charge in [0, 0.05) is 13.6 Å². The molecule has 8 heteroatoms. The Morgan fingerprint density at radius 2 is 1.89 bits per heavy atom. The second-order valence-electron chi connectivity index (χ2n) is 5.73. The normalized spacial score (nSPS) is 10.6. The minimum absolute atomic E-state index is 0.0549. The zero-order valence-corrected chi connectivity index (χ0v) is 16.3. The highest BCUT2D eigenvalue weighted by Crippen LogP contribution is 2.24. The lowest BCUT2D eigenvalue weighted by Crippen LogP contribution is -2.24. The number of amides is 1. The second kappa shape index (κ2) is 9.43. The number of para-hydroxylation sites is 1. The number of nitrogens with zero attached hydrogens (tertiary/aromatic N) is 3. The minimum Gasteiger partial charge on any atom is -0.484 e. The number of halogens is 1. The minimum atomic E-state index is -0.0549. The number of carbonyl (C=O) groups is 1. The summed E-state index contributed by atoms with van der Waals surface area (Å²) in [4.78, 5) is 12.0. The van der Waals surface area contributed by atoms with Gasteiger partial charge in [-0.3, -0.25) is 4.79 Å². The van der Waals surface area contributed by atoms with Gasteiger partial charge < -0.3 is 14.6 Å². The number of carbonyl (C=O) groups excluding carboxylic acids is 1. The van der Waals surface area contributed by atoms with Crippen molar-refractivity contribution in [3.05, 3.63) is 71.0 Å². The molecule has 0 fully saturated rings. The van der Waals surface area contributed by atoms with E-state index >= 15 is 0 Å². The predicted molar refractivity (Wildman–Crippen MR) is 106 cm³/mol. The lowest BCUT2D eigenvalue weighted by Gasteiger charge is -2.08. The number of benzene rings is 2. The summed E-state index contributed by atoms with van der Waals surface area (Å²) in [6.07, 6.45) is 0. The third-order valence-corrected chi connectivity index (χ3v) is 5.12. The fourth-order valence-corrected chi connectivity index (χ4v) is 3.23. The van der Waals surface area contributed by atoms with Crippen LogP contribution in [0.3, 0.4) is 0 Å². The molecular formula is C19H19ClN4O2S. The molecule has 0 aliphatic heterocycles. The molecule has 0 radical (unpaired) electrons. The molecule has 0 spiro atoms. The third kappa shape index (κ3) is 5.48. The van der Waals surface area contributed by atoms with Crippen LogP contribution in [-0.4, -0.2) is 26.4 Å². The van der Waals surface area contributed by atoms with Crippen LogP contribution in [-0.2, 0) is 25.0 Å². The summed E-state index contributed by atoms with van der Waals surface area (Å²) < 4.78 is 7.50. The molecule has 0 bridgehead atoms. The molecule has 0 atom stereocenters. The Bertz CT molecular complexity index is 902. The molecule has 140 valence electrons. The van der Waals surface area contributed by atoms with Gasteiger partial charge in [0.15, 0.2) is 11.0 Å². The monoisotopic (exact) mass is 402 g/mol. The smallest absolute Gasteiger partial charge is 0.230 e. The average Bonchev–Trinajstić information content (AvgIpc) is 3.04. The molecule has 27 heavy (non-hydrogen) atoms. The maximum atomic E-state index is 12.0. The summed E-state index contributed by atoms with van der Waals surface area (Å²) in [5, 5.41) is 12.3. The van der Waals surface area contributed by atoms with Gasteiger partial charge in [0.05, 0.1) is 10.8 Å². The molecule has 3 rings (SSSR count). The summed E-state index contributed by atoms with van der Waals surface area (Å²) >= 11 is 7.41. The van der Waals surface area contributed by atoms with Crippen molar-refractivity contribution in [2.75, 3.05) is 5.75 Å². The van der Waals surface area contributed by atoms with E-state index in [2.05, 4.69) is 15.5 Å². The Balaban J connectivity index is 1.48. The van der Waals surface area contributed by atoms with Crippen LogP contribution < -0.4 is 10.1 Å². The summed E-state index contributed by atoms with van der Waals surface area (Å²) in [6.45, 7) is 0.754. The molecule has 1 amide bonds. The molecule has 1 aromatic heterocycles. The van der Waals surface area contributed by atoms with Gasteiger partial charge in [-0.15, -0.1) is 10.2 Å². The van der Waals surface area contributed by atoms with Crippen molar-refractivity contribution >= 4 is 29.3 Å². The first-order chi connectivity index (χ1) is 13.1. The van der Waals surface area contributed by atoms with E-state index in [1.807, 2.05) is 54.1 Å². The number of thioether (sulfide) groups is 1. The molecule has 0 aliphatic carbocycles. The SMILES string of the molecule is Cn1c(COc2ccccc2Cl)nnc1SCC(=O)NCc1ccccc1. The standard InChI is InChI=1S/C19H19ClN4O2S/c1-24-17(12-26-16-10-6-5-9-15(16)20)22-23-19(24)27-13-18(25)21-11-14-7-3-2-4-8-14/h2-10H,11-13H2,1H3,(H,21,25). The van der Waals surface area contributed by atoms with E-state index in [0.29, 0.717) is 28.3 Å². The van der Waals surface area contributed by atoms with Crippen LogP contribution in [0.15, 0.2) is 59.8 Å². The van der Waals surface area contributed by atoms with Crippen LogP contribution in [0.25, 0.3) is 0 Å². The highest BCUT2D eigenvalue weighted by Gasteiger charge is 2.12. The maximum absolute atomic E-state index is 12.0. The third-order valence-electron chi connectivity index (χ3n) is 3.78. The number of ether oxygens (including phenoxy) is 1. The maximum Gasteiger partial charge on any atom is 0.230 e. The van der Waals surface area contributed by atoms with Crippen molar-refractivity contribution in [1.29, 1.82) is 0 Å². The zero-order chi connectivity index (χ0) is 19.1. The first-order valence-electron chi connectivity index (χ1n) is 8.32. The number of rotatable bonds is 8. The first-order valence-corrected chi connectivity index (χ1v) is 9.69. The Hall–Kier alpha value is -2.51. The van der Waals surface area contributed by atoms with Crippen molar-refractivity contribution in [1.82, 2.24) is 20.1 Å². The number of nitrogens with one attached hydrogen (secondary N) is 1. The van der Waals surface area contributed by atoms with Crippen LogP contribution in [0.1, 0.15) is 11.4 Å². The van der Waals surface area contributed by atoms with Gasteiger partial charge in [-0.25, -0.2) is 0 Å². The van der Waals surface area contributed by atoms with Gasteiger partial charge in [0.2, 0.25) is 5.91 Å². The van der Waals surface area contributed by atoms with E-state index in [0.717, 1.165) is 5.56 Å². The van der Waals surface area contributed by atoms with Crippen molar-refractivity contribution in [2.24, 2.45) is 7.05 Å². The molecule has 1 N–H and O–H groups in total. The van der Waals surface area contributed by atoms with E-state index in [9.17, 15) is 4.79 Å². The molecule has 3 aromatic rings. The summed E-state index contributed by atoms with van der Waals surface area (Å²) in [7, 11) is 1.84. The predicted octanol–water partition coefficient (Wildman–Crippen LogP) is 3.46. The van der Waals surface area contributed by atoms with Gasteiger partial charge >= 0.3 is 0 Å². The largest absolute Gasteiger partial charge is 0.484 e. The molecule has 0 aliphatic rings. The van der Waals surface area contributed by atoms with Crippen LogP contribution in [0.2, 0.25) is 5.02 Å². The molecular weight excluding hydrogens is 384 g/mol. The van der Waals surface area contributed by atoms with E-state index in [4.69, 9.17) is 16.3 Å². The van der Waals surface area contributed by atoms with Gasteiger partial charge in [0.1, 0.15) is 12.4 Å². The molecule has 2 aromatic carbocycles. The fourth-order valence-electron chi connectivity index (χ4n) is 2.28. The molecule has 1 heterocycles. The highest BCUT2D eigenvalue weighted by atomic mass is 35.5. The summed E-state index contributed by atoms with van der Waals surface area (Å²) in [6, 6.07) is 17.0. The number of hydrogen-bond donors (Lipinski definition) is 1. The quantitative estimate of drug-likeness (QED) is 0.584. The fraction of sp³-hybridized carbons (Fsp3) is 0.211. The Labute approximate surface area is 166 Å². The van der Waals surface area contributed by atoms with E-state index < -0.39 is 0 Å². The molecule has 6 nitrogen and oxygen atoms in total. The van der Waals surface area contributed by atoms with E-state index in [1.165, 1.54) is 11.8 Å². The second-order valence-corrected chi connectivity index (χ2v) is 7.08. The van der Waals surface area contributed by atoms with Crippen molar-refractivity contribution in [2.45, 2.75) is 18.3 Å². The Kier molecular flexibility index (Phi) is 6.73. The molecule has 0 saturated carbocycles. The Morgan fingerprint density at radius 3 is 2.67 bits per heavy atom. The van der Waals surface area contributed by atoms with Crippen LogP contribution >= 0.6 is 23.4 Å².